The number of nitrogens with zero attached hydrogens (tertiary/aromatic N) is 2. The summed E-state index contributed by atoms with van der Waals surface area (Å²) in [6, 6.07) is 0. The van der Waals surface area contributed by atoms with Gasteiger partial charge >= 0.3 is 0 Å². The third-order valence-electron chi connectivity index (χ3n) is 3.75. The van der Waals surface area contributed by atoms with Crippen molar-refractivity contribution in [2.24, 2.45) is 18.9 Å². The molecule has 1 aromatic heterocycles. The summed E-state index contributed by atoms with van der Waals surface area (Å²) in [6.45, 7) is 0.443. The minimum Gasteiger partial charge on any atom is -0.396 e. The van der Waals surface area contributed by atoms with Crippen LogP contribution in [0, 0.1) is 11.8 Å². The molecule has 0 radical (unpaired) electrons. The maximum atomic E-state index is 12.2. The average molecular weight is 288 g/mol. The predicted octanol–water partition coefficient (Wildman–Crippen LogP) is -0.311. The van der Waals surface area contributed by atoms with Gasteiger partial charge in [-0.25, -0.2) is 18.1 Å². The smallest absolute Gasteiger partial charge is 0.260 e. The molecule has 1 aliphatic rings. The summed E-state index contributed by atoms with van der Waals surface area (Å²) >= 11 is 0. The van der Waals surface area contributed by atoms with E-state index in [-0.39, 0.29) is 29.3 Å². The van der Waals surface area contributed by atoms with Crippen LogP contribution in [0.2, 0.25) is 0 Å². The number of aliphatic hydroxyl groups excluding tert-OH is 1. The number of aromatic nitrogens is 2. The Morgan fingerprint density at radius 1 is 1.53 bits per heavy atom. The second kappa shape index (κ2) is 5.48. The second-order valence-corrected chi connectivity index (χ2v) is 6.71. The second-order valence-electron chi connectivity index (χ2n) is 5.03. The molecule has 0 aromatic carbocycles. The number of sulfonamides is 1. The molecular weight excluding hydrogens is 268 g/mol. The van der Waals surface area contributed by atoms with Crippen LogP contribution < -0.4 is 10.5 Å². The fraction of sp³-hybridized carbons (Fsp3) is 0.727. The molecule has 108 valence electrons. The predicted molar refractivity (Wildman–Crippen MR) is 70.7 cm³/mol. The van der Waals surface area contributed by atoms with Crippen LogP contribution in [-0.4, -0.2) is 36.2 Å². The van der Waals surface area contributed by atoms with Gasteiger partial charge in [-0.3, -0.25) is 0 Å². The molecule has 2 atom stereocenters. The minimum absolute atomic E-state index is 0.000120. The molecule has 1 fully saturated rings. The molecule has 0 saturated heterocycles. The first-order chi connectivity index (χ1) is 8.95. The number of hydrogen-bond donors (Lipinski definition) is 3. The Labute approximate surface area is 112 Å². The summed E-state index contributed by atoms with van der Waals surface area (Å²) in [5, 5.41) is 9.22. The first kappa shape index (κ1) is 14.3. The quantitative estimate of drug-likeness (QED) is 0.688. The van der Waals surface area contributed by atoms with E-state index in [4.69, 9.17) is 5.73 Å². The Bertz CT molecular complexity index is 521. The summed E-state index contributed by atoms with van der Waals surface area (Å²) in [5.74, 6) is 0.376. The molecule has 1 aromatic rings. The van der Waals surface area contributed by atoms with Crippen LogP contribution in [0.4, 0.5) is 5.82 Å². The highest BCUT2D eigenvalue weighted by molar-refractivity contribution is 7.89. The SMILES string of the molecule is Cn1cnc(N)c1S(=O)(=O)NCC1CCCC1CO. The number of nitrogens with two attached hydrogens (primary N) is 1. The minimum atomic E-state index is -3.65. The van der Waals surface area contributed by atoms with E-state index < -0.39 is 10.0 Å². The van der Waals surface area contributed by atoms with E-state index in [9.17, 15) is 13.5 Å². The number of aliphatic hydroxyl groups is 1. The van der Waals surface area contributed by atoms with Crippen molar-refractivity contribution in [3.05, 3.63) is 6.33 Å². The molecule has 0 aliphatic heterocycles. The van der Waals surface area contributed by atoms with Crippen LogP contribution in [0.1, 0.15) is 19.3 Å². The van der Waals surface area contributed by atoms with E-state index in [0.29, 0.717) is 6.54 Å². The molecule has 2 unspecified atom stereocenters. The lowest BCUT2D eigenvalue weighted by Crippen LogP contribution is -2.33. The molecule has 1 aliphatic carbocycles. The highest BCUT2D eigenvalue weighted by atomic mass is 32.2. The van der Waals surface area contributed by atoms with Gasteiger partial charge in [0, 0.05) is 20.2 Å². The van der Waals surface area contributed by atoms with Crippen molar-refractivity contribution < 1.29 is 13.5 Å². The zero-order valence-corrected chi connectivity index (χ0v) is 11.7. The zero-order valence-electron chi connectivity index (χ0n) is 10.9. The van der Waals surface area contributed by atoms with Gasteiger partial charge in [0.25, 0.3) is 10.0 Å². The number of aryl methyl sites for hydroxylation is 1. The highest BCUT2D eigenvalue weighted by Gasteiger charge is 2.29. The lowest BCUT2D eigenvalue weighted by molar-refractivity contribution is 0.195. The maximum Gasteiger partial charge on any atom is 0.260 e. The molecule has 19 heavy (non-hydrogen) atoms. The number of nitrogens with one attached hydrogen (secondary N) is 1. The van der Waals surface area contributed by atoms with E-state index in [2.05, 4.69) is 9.71 Å². The Kier molecular flexibility index (Phi) is 4.12. The number of imidazole rings is 1. The Balaban J connectivity index is 2.06. The van der Waals surface area contributed by atoms with Crippen molar-refractivity contribution >= 4 is 15.8 Å². The van der Waals surface area contributed by atoms with Crippen molar-refractivity contribution in [2.75, 3.05) is 18.9 Å². The molecule has 0 bridgehead atoms. The lowest BCUT2D eigenvalue weighted by atomic mass is 9.97. The van der Waals surface area contributed by atoms with Crippen molar-refractivity contribution in [3.63, 3.8) is 0 Å². The summed E-state index contributed by atoms with van der Waals surface area (Å²) in [4.78, 5) is 3.77. The van der Waals surface area contributed by atoms with E-state index >= 15 is 0 Å². The third kappa shape index (κ3) is 2.90. The molecule has 0 amide bonds. The molecule has 4 N–H and O–H groups in total. The van der Waals surface area contributed by atoms with Crippen molar-refractivity contribution in [1.29, 1.82) is 0 Å². The molecular formula is C11H20N4O3S. The van der Waals surface area contributed by atoms with E-state index in [0.717, 1.165) is 19.3 Å². The summed E-state index contributed by atoms with van der Waals surface area (Å²) in [6.07, 6.45) is 4.30. The Hall–Kier alpha value is -1.12. The van der Waals surface area contributed by atoms with Gasteiger partial charge in [0.05, 0.1) is 6.33 Å². The number of nitrogen functional groups attached to an aromatic ring is 1. The lowest BCUT2D eigenvalue weighted by Gasteiger charge is -2.18. The first-order valence-electron chi connectivity index (χ1n) is 6.33. The van der Waals surface area contributed by atoms with Gasteiger partial charge in [-0.15, -0.1) is 0 Å². The summed E-state index contributed by atoms with van der Waals surface area (Å²) in [5.41, 5.74) is 5.57. The van der Waals surface area contributed by atoms with Gasteiger partial charge in [-0.05, 0) is 24.7 Å². The first-order valence-corrected chi connectivity index (χ1v) is 7.81. The highest BCUT2D eigenvalue weighted by Crippen LogP contribution is 2.31. The molecule has 0 spiro atoms. The molecule has 7 nitrogen and oxygen atoms in total. The number of rotatable bonds is 5. The largest absolute Gasteiger partial charge is 0.396 e. The van der Waals surface area contributed by atoms with E-state index in [1.54, 1.807) is 7.05 Å². The van der Waals surface area contributed by atoms with E-state index in [1.807, 2.05) is 0 Å². The normalized spacial score (nSPS) is 23.9. The Morgan fingerprint density at radius 3 is 2.79 bits per heavy atom. The van der Waals surface area contributed by atoms with Crippen LogP contribution in [0.15, 0.2) is 11.4 Å². The van der Waals surface area contributed by atoms with Crippen molar-refractivity contribution in [3.8, 4) is 0 Å². The molecule has 1 heterocycles. The van der Waals surface area contributed by atoms with E-state index in [1.165, 1.54) is 10.9 Å². The van der Waals surface area contributed by atoms with Gasteiger partial charge in [-0.2, -0.15) is 0 Å². The summed E-state index contributed by atoms with van der Waals surface area (Å²) in [7, 11) is -2.07. The summed E-state index contributed by atoms with van der Waals surface area (Å²) < 4.78 is 28.3. The van der Waals surface area contributed by atoms with Crippen molar-refractivity contribution in [2.45, 2.75) is 24.3 Å². The molecule has 2 rings (SSSR count). The molecule has 8 heteroatoms. The number of anilines is 1. The van der Waals surface area contributed by atoms with Crippen LogP contribution in [0.25, 0.3) is 0 Å². The fourth-order valence-corrected chi connectivity index (χ4v) is 4.00. The van der Waals surface area contributed by atoms with Crippen LogP contribution in [0.3, 0.4) is 0 Å². The van der Waals surface area contributed by atoms with Gasteiger partial charge in [-0.1, -0.05) is 6.42 Å². The standard InChI is InChI=1S/C11H20N4O3S/c1-15-7-13-10(12)11(15)19(17,18)14-5-8-3-2-4-9(8)6-16/h7-9,14,16H,2-6,12H2,1H3. The van der Waals surface area contributed by atoms with Gasteiger partial charge in [0.2, 0.25) is 0 Å². The topological polar surface area (TPSA) is 110 Å². The van der Waals surface area contributed by atoms with Crippen LogP contribution >= 0.6 is 0 Å². The fourth-order valence-electron chi connectivity index (χ4n) is 2.67. The van der Waals surface area contributed by atoms with Gasteiger partial charge in [0.1, 0.15) is 0 Å². The monoisotopic (exact) mass is 288 g/mol. The van der Waals surface area contributed by atoms with Crippen molar-refractivity contribution in [1.82, 2.24) is 14.3 Å². The number of hydrogen-bond acceptors (Lipinski definition) is 5. The zero-order chi connectivity index (χ0) is 14.0. The van der Waals surface area contributed by atoms with Crippen LogP contribution in [-0.2, 0) is 17.1 Å². The van der Waals surface area contributed by atoms with Gasteiger partial charge < -0.3 is 15.4 Å². The average Bonchev–Trinajstić information content (AvgIpc) is 2.93. The van der Waals surface area contributed by atoms with Crippen LogP contribution in [0.5, 0.6) is 0 Å². The molecule has 1 saturated carbocycles. The maximum absolute atomic E-state index is 12.2. The van der Waals surface area contributed by atoms with Gasteiger partial charge in [0.15, 0.2) is 10.8 Å². The Morgan fingerprint density at radius 2 is 2.21 bits per heavy atom. The third-order valence-corrected chi connectivity index (χ3v) is 5.30.